The van der Waals surface area contributed by atoms with Crippen LogP contribution in [-0.2, 0) is 17.4 Å². The van der Waals surface area contributed by atoms with Gasteiger partial charge in [-0.25, -0.2) is 0 Å². The topological polar surface area (TPSA) is 25.8 Å². The maximum absolute atomic E-state index is 4.70. The maximum atomic E-state index is 4.70. The zero-order valence-electron chi connectivity index (χ0n) is 22.9. The first-order valence-electron chi connectivity index (χ1n) is 13.6. The van der Waals surface area contributed by atoms with Crippen LogP contribution in [0.4, 0.5) is 0 Å². The van der Waals surface area contributed by atoms with Crippen molar-refractivity contribution in [2.75, 3.05) is 0 Å². The molecule has 2 heterocycles. The number of hydrogen-bond donors (Lipinski definition) is 0. The molecule has 2 nitrogen and oxygen atoms in total. The van der Waals surface area contributed by atoms with Crippen molar-refractivity contribution in [3.8, 4) is 22.5 Å². The Balaban J connectivity index is 0.00000169. The summed E-state index contributed by atoms with van der Waals surface area (Å²) >= 11 is -3.95. The van der Waals surface area contributed by atoms with Crippen molar-refractivity contribution >= 4 is 47.1 Å². The number of allylic oxidation sites excluding steroid dienone is 2. The number of aromatic nitrogens is 2. The van der Waals surface area contributed by atoms with Crippen LogP contribution in [0.3, 0.4) is 0 Å². The van der Waals surface area contributed by atoms with Gasteiger partial charge in [-0.15, -0.1) is 24.8 Å². The van der Waals surface area contributed by atoms with Gasteiger partial charge < -0.3 is 0 Å². The molecule has 5 aromatic rings. The van der Waals surface area contributed by atoms with Crippen LogP contribution >= 0.6 is 24.8 Å². The molecule has 0 saturated heterocycles. The van der Waals surface area contributed by atoms with Crippen molar-refractivity contribution in [3.63, 3.8) is 0 Å². The van der Waals surface area contributed by atoms with Crippen LogP contribution in [0, 0.1) is 0 Å². The molecule has 0 fully saturated rings. The first-order valence-corrected chi connectivity index (χ1v) is 26.1. The molecule has 2 aromatic heterocycles. The third kappa shape index (κ3) is 4.66. The molecule has 2 aliphatic rings. The monoisotopic (exact) mass is 668 g/mol. The molecule has 204 valence electrons. The van der Waals surface area contributed by atoms with E-state index in [4.69, 9.17) is 9.97 Å². The number of benzene rings is 3. The molecule has 0 bridgehead atoms. The number of pyridine rings is 2. The van der Waals surface area contributed by atoms with E-state index < -0.39 is 17.4 Å². The van der Waals surface area contributed by atoms with Crippen molar-refractivity contribution in [2.45, 2.75) is 11.9 Å². The van der Waals surface area contributed by atoms with Crippen molar-refractivity contribution in [1.29, 1.82) is 0 Å². The average molecular weight is 671 g/mol. The number of halogens is 2. The molecular formula is C35H32Cl2N2SiZr. The van der Waals surface area contributed by atoms with Crippen LogP contribution in [0.2, 0.25) is 4.63 Å². The summed E-state index contributed by atoms with van der Waals surface area (Å²) in [5.41, 5.74) is 10.1. The first-order chi connectivity index (χ1) is 19.1. The van der Waals surface area contributed by atoms with Gasteiger partial charge in [0.25, 0.3) is 0 Å². The molecule has 2 unspecified atom stereocenters. The standard InChI is InChI=1S/2C14H10N.C6H5.CH3.2ClH.H2Si.Zr/c2*1-2-10-15-14(9-1)13-8-4-6-11-5-3-7-12(11)13;1-2-4-6-5-3-1;;;;;/h2*1-10H;1-5H;1H3;2*1H;1H2;. The average Bonchev–Trinajstić information content (AvgIpc) is 3.65. The van der Waals surface area contributed by atoms with Gasteiger partial charge in [-0.1, -0.05) is 0 Å². The van der Waals surface area contributed by atoms with E-state index in [9.17, 15) is 0 Å². The molecule has 2 atom stereocenters. The molecule has 6 heteroatoms. The van der Waals surface area contributed by atoms with Gasteiger partial charge in [0, 0.05) is 0 Å². The van der Waals surface area contributed by atoms with E-state index in [2.05, 4.69) is 127 Å². The van der Waals surface area contributed by atoms with E-state index in [1.165, 1.54) is 33.4 Å². The number of rotatable bonds is 5. The van der Waals surface area contributed by atoms with Gasteiger partial charge in [-0.3, -0.25) is 0 Å². The summed E-state index contributed by atoms with van der Waals surface area (Å²) in [5.74, 6) is 0. The summed E-state index contributed by atoms with van der Waals surface area (Å²) in [4.78, 5) is 9.41. The molecular weight excluding hydrogens is 639 g/mol. The molecule has 0 aliphatic heterocycles. The van der Waals surface area contributed by atoms with Crippen LogP contribution in [-0.4, -0.2) is 16.8 Å². The fourth-order valence-corrected chi connectivity index (χ4v) is 26.8. The second kappa shape index (κ2) is 11.4. The molecule has 7 rings (SSSR count). The Labute approximate surface area is 257 Å². The Bertz CT molecular complexity index is 1730. The zero-order valence-corrected chi connectivity index (χ0v) is 28.4. The van der Waals surface area contributed by atoms with Crippen molar-refractivity contribution in [1.82, 2.24) is 9.97 Å². The number of nitrogens with zero attached hydrogens (tertiary/aromatic N) is 2. The number of hydrogen-bond acceptors (Lipinski definition) is 2. The summed E-state index contributed by atoms with van der Waals surface area (Å²) in [6.45, 7) is 2.37. The predicted molar refractivity (Wildman–Crippen MR) is 178 cm³/mol. The van der Waals surface area contributed by atoms with Gasteiger partial charge in [0.1, 0.15) is 0 Å². The number of fused-ring (bicyclic) bond motifs is 2. The Morgan fingerprint density at radius 3 is 1.46 bits per heavy atom. The molecule has 0 saturated carbocycles. The minimum absolute atomic E-state index is 0. The van der Waals surface area contributed by atoms with E-state index in [0.717, 1.165) is 11.4 Å². The van der Waals surface area contributed by atoms with Gasteiger partial charge >= 0.3 is 234 Å². The molecule has 0 radical (unpaired) electrons. The zero-order chi connectivity index (χ0) is 26.5. The van der Waals surface area contributed by atoms with Crippen molar-refractivity contribution in [3.05, 3.63) is 150 Å². The Morgan fingerprint density at radius 2 is 1.02 bits per heavy atom. The van der Waals surface area contributed by atoms with E-state index in [0.29, 0.717) is 7.25 Å². The van der Waals surface area contributed by atoms with Gasteiger partial charge in [0.15, 0.2) is 0 Å². The fourth-order valence-electron chi connectivity index (χ4n) is 7.03. The van der Waals surface area contributed by atoms with E-state index >= 15 is 0 Å². The summed E-state index contributed by atoms with van der Waals surface area (Å²) in [6.07, 6.45) is 13.6. The van der Waals surface area contributed by atoms with Gasteiger partial charge in [0.05, 0.1) is 0 Å². The van der Waals surface area contributed by atoms with Crippen molar-refractivity contribution < 1.29 is 17.4 Å². The normalized spacial score (nSPS) is 16.8. The Kier molecular flexibility index (Phi) is 8.25. The third-order valence-corrected chi connectivity index (χ3v) is 32.6. The molecule has 0 spiro atoms. The first kappa shape index (κ1) is 29.6. The molecule has 0 N–H and O–H groups in total. The van der Waals surface area contributed by atoms with Gasteiger partial charge in [0.2, 0.25) is 0 Å². The van der Waals surface area contributed by atoms with Crippen molar-refractivity contribution in [2.24, 2.45) is 0 Å². The molecule has 3 aromatic carbocycles. The summed E-state index contributed by atoms with van der Waals surface area (Å²) < 4.78 is 4.99. The third-order valence-electron chi connectivity index (χ3n) is 9.07. The van der Waals surface area contributed by atoms with Crippen LogP contribution in [0.25, 0.3) is 34.7 Å². The van der Waals surface area contributed by atoms with Gasteiger partial charge in [-0.2, -0.15) is 0 Å². The minimum atomic E-state index is -3.95. The summed E-state index contributed by atoms with van der Waals surface area (Å²) in [5, 5.41) is 0. The summed E-state index contributed by atoms with van der Waals surface area (Å²) in [6, 6.07) is 37.4. The molecule has 2 aliphatic carbocycles. The van der Waals surface area contributed by atoms with Gasteiger partial charge in [-0.05, 0) is 0 Å². The predicted octanol–water partition coefficient (Wildman–Crippen LogP) is 8.10. The summed E-state index contributed by atoms with van der Waals surface area (Å²) in [7, 11) is 0. The second-order valence-corrected chi connectivity index (χ2v) is 37.8. The van der Waals surface area contributed by atoms with Crippen LogP contribution in [0.15, 0.2) is 128 Å². The van der Waals surface area contributed by atoms with E-state index in [-0.39, 0.29) is 24.8 Å². The van der Waals surface area contributed by atoms with Crippen LogP contribution < -0.4 is 3.27 Å². The van der Waals surface area contributed by atoms with E-state index in [1.54, 1.807) is 3.27 Å². The Morgan fingerprint density at radius 1 is 0.561 bits per heavy atom. The quantitative estimate of drug-likeness (QED) is 0.177. The van der Waals surface area contributed by atoms with E-state index in [1.807, 2.05) is 24.5 Å². The Hall–Kier alpha value is -2.88. The second-order valence-electron chi connectivity index (χ2n) is 11.3. The van der Waals surface area contributed by atoms with Crippen LogP contribution in [0.1, 0.15) is 29.5 Å². The fraction of sp³-hybridized carbons (Fsp3) is 0.0857. The molecule has 41 heavy (non-hydrogen) atoms. The SMILES string of the molecule is Cl.Cl.[CH3][Zr](=[SiH2])([c]1ccccc1)([CH]1C=Cc2c(-c3ccccn3)cccc21)[CH]1C=Cc2c(-c3ccccn3)cccc21. The van der Waals surface area contributed by atoms with Crippen LogP contribution in [0.5, 0.6) is 0 Å². The molecule has 0 amide bonds.